The maximum absolute atomic E-state index is 12.3. The van der Waals surface area contributed by atoms with Crippen molar-refractivity contribution in [2.24, 2.45) is 5.41 Å². The van der Waals surface area contributed by atoms with Gasteiger partial charge in [-0.3, -0.25) is 0 Å². The molecule has 20 heavy (non-hydrogen) atoms. The van der Waals surface area contributed by atoms with Gasteiger partial charge in [0.1, 0.15) is 4.21 Å². The topological polar surface area (TPSA) is 46.2 Å². The van der Waals surface area contributed by atoms with E-state index < -0.39 is 10.0 Å². The standard InChI is InChI=1S/C14H22ClNO2S2/c1-2-12-6-7-13(19-12)20(17,18)16-11-14(10-15)8-4-3-5-9-14/h6-7,16H,2-5,8-11H2,1H3. The molecule has 2 rings (SSSR count). The molecule has 0 unspecified atom stereocenters. The second kappa shape index (κ2) is 6.77. The first-order valence-electron chi connectivity index (χ1n) is 7.16. The average Bonchev–Trinajstić information content (AvgIpc) is 2.96. The van der Waals surface area contributed by atoms with Crippen LogP contribution in [0, 0.1) is 5.41 Å². The van der Waals surface area contributed by atoms with Crippen molar-refractivity contribution in [1.82, 2.24) is 4.72 Å². The molecule has 0 aliphatic heterocycles. The Balaban J connectivity index is 2.04. The van der Waals surface area contributed by atoms with Crippen molar-refractivity contribution in [3.8, 4) is 0 Å². The zero-order chi connectivity index (χ0) is 14.6. The minimum atomic E-state index is -3.39. The van der Waals surface area contributed by atoms with E-state index in [0.717, 1.165) is 37.0 Å². The Morgan fingerprint density at radius 1 is 1.30 bits per heavy atom. The molecule has 0 aromatic carbocycles. The van der Waals surface area contributed by atoms with Gasteiger partial charge in [-0.1, -0.05) is 26.2 Å². The number of alkyl halides is 1. The molecule has 0 spiro atoms. The fourth-order valence-electron chi connectivity index (χ4n) is 2.67. The van der Waals surface area contributed by atoms with Gasteiger partial charge in [0.2, 0.25) is 10.0 Å². The summed E-state index contributed by atoms with van der Waals surface area (Å²) in [7, 11) is -3.39. The Hall–Kier alpha value is -0.100. The lowest BCUT2D eigenvalue weighted by Gasteiger charge is -2.35. The van der Waals surface area contributed by atoms with Gasteiger partial charge in [0.05, 0.1) is 0 Å². The Kier molecular flexibility index (Phi) is 5.51. The van der Waals surface area contributed by atoms with E-state index in [1.165, 1.54) is 17.8 Å². The lowest BCUT2D eigenvalue weighted by atomic mass is 9.76. The molecule has 6 heteroatoms. The van der Waals surface area contributed by atoms with Crippen LogP contribution in [0.3, 0.4) is 0 Å². The van der Waals surface area contributed by atoms with Gasteiger partial charge in [-0.15, -0.1) is 22.9 Å². The van der Waals surface area contributed by atoms with Crippen molar-refractivity contribution >= 4 is 33.0 Å². The van der Waals surface area contributed by atoms with E-state index in [0.29, 0.717) is 16.6 Å². The summed E-state index contributed by atoms with van der Waals surface area (Å²) in [6.07, 6.45) is 6.43. The van der Waals surface area contributed by atoms with Crippen LogP contribution in [0.4, 0.5) is 0 Å². The third kappa shape index (κ3) is 3.75. The van der Waals surface area contributed by atoms with Gasteiger partial charge < -0.3 is 0 Å². The second-order valence-electron chi connectivity index (χ2n) is 5.59. The molecule has 1 aliphatic rings. The van der Waals surface area contributed by atoms with Crippen LogP contribution >= 0.6 is 22.9 Å². The fraction of sp³-hybridized carbons (Fsp3) is 0.714. The first-order valence-corrected chi connectivity index (χ1v) is 9.99. The molecule has 0 amide bonds. The molecule has 1 aliphatic carbocycles. The van der Waals surface area contributed by atoms with Crippen LogP contribution in [0.2, 0.25) is 0 Å². The van der Waals surface area contributed by atoms with Gasteiger partial charge in [0.25, 0.3) is 0 Å². The summed E-state index contributed by atoms with van der Waals surface area (Å²) in [6.45, 7) is 2.48. The fourth-order valence-corrected chi connectivity index (χ4v) is 5.53. The van der Waals surface area contributed by atoms with Crippen LogP contribution in [0.25, 0.3) is 0 Å². The van der Waals surface area contributed by atoms with E-state index in [9.17, 15) is 8.42 Å². The number of thiophene rings is 1. The van der Waals surface area contributed by atoms with Crippen LogP contribution in [-0.2, 0) is 16.4 Å². The van der Waals surface area contributed by atoms with Crippen LogP contribution in [0.1, 0.15) is 43.9 Å². The van der Waals surface area contributed by atoms with E-state index in [4.69, 9.17) is 11.6 Å². The summed E-state index contributed by atoms with van der Waals surface area (Å²) < 4.78 is 27.8. The SMILES string of the molecule is CCc1ccc(S(=O)(=O)NCC2(CCl)CCCCC2)s1. The molecule has 1 aromatic rings. The summed E-state index contributed by atoms with van der Waals surface area (Å²) in [5, 5.41) is 0. The minimum Gasteiger partial charge on any atom is -0.210 e. The minimum absolute atomic E-state index is 0.0578. The number of nitrogens with one attached hydrogen (secondary N) is 1. The Labute approximate surface area is 130 Å². The quantitative estimate of drug-likeness (QED) is 0.804. The predicted octanol–water partition coefficient (Wildman–Crippen LogP) is 3.78. The number of hydrogen-bond acceptors (Lipinski definition) is 3. The van der Waals surface area contributed by atoms with Gasteiger partial charge in [-0.25, -0.2) is 13.1 Å². The number of aryl methyl sites for hydroxylation is 1. The largest absolute Gasteiger partial charge is 0.250 e. The number of halogens is 1. The third-order valence-electron chi connectivity index (χ3n) is 4.09. The molecule has 114 valence electrons. The highest BCUT2D eigenvalue weighted by molar-refractivity contribution is 7.91. The zero-order valence-electron chi connectivity index (χ0n) is 11.8. The van der Waals surface area contributed by atoms with Crippen molar-refractivity contribution in [3.05, 3.63) is 17.0 Å². The normalized spacial score (nSPS) is 19.1. The van der Waals surface area contributed by atoms with Crippen molar-refractivity contribution < 1.29 is 8.42 Å². The highest BCUT2D eigenvalue weighted by Crippen LogP contribution is 2.37. The van der Waals surface area contributed by atoms with Gasteiger partial charge in [-0.2, -0.15) is 0 Å². The van der Waals surface area contributed by atoms with E-state index >= 15 is 0 Å². The van der Waals surface area contributed by atoms with E-state index in [1.54, 1.807) is 6.07 Å². The van der Waals surface area contributed by atoms with E-state index in [-0.39, 0.29) is 5.41 Å². The summed E-state index contributed by atoms with van der Waals surface area (Å²) >= 11 is 7.46. The molecular weight excluding hydrogens is 314 g/mol. The molecule has 1 N–H and O–H groups in total. The van der Waals surface area contributed by atoms with Crippen LogP contribution in [-0.4, -0.2) is 20.8 Å². The number of rotatable bonds is 6. The molecular formula is C14H22ClNO2S2. The highest BCUT2D eigenvalue weighted by atomic mass is 35.5. The molecule has 0 radical (unpaired) electrons. The lowest BCUT2D eigenvalue weighted by Crippen LogP contribution is -2.40. The maximum Gasteiger partial charge on any atom is 0.250 e. The van der Waals surface area contributed by atoms with Crippen molar-refractivity contribution in [2.75, 3.05) is 12.4 Å². The summed E-state index contributed by atoms with van der Waals surface area (Å²) in [5.74, 6) is 0.528. The monoisotopic (exact) mass is 335 g/mol. The summed E-state index contributed by atoms with van der Waals surface area (Å²) in [5.41, 5.74) is -0.0578. The van der Waals surface area contributed by atoms with Crippen LogP contribution < -0.4 is 4.72 Å². The lowest BCUT2D eigenvalue weighted by molar-refractivity contribution is 0.224. The molecule has 1 saturated carbocycles. The van der Waals surface area contributed by atoms with Crippen LogP contribution in [0.5, 0.6) is 0 Å². The molecule has 1 aromatic heterocycles. The van der Waals surface area contributed by atoms with E-state index in [1.807, 2.05) is 13.0 Å². The van der Waals surface area contributed by atoms with Gasteiger partial charge in [0.15, 0.2) is 0 Å². The summed E-state index contributed by atoms with van der Waals surface area (Å²) in [6, 6.07) is 3.58. The molecule has 1 heterocycles. The van der Waals surface area contributed by atoms with Crippen LogP contribution in [0.15, 0.2) is 16.3 Å². The number of hydrogen-bond donors (Lipinski definition) is 1. The third-order valence-corrected chi connectivity index (χ3v) is 7.77. The highest BCUT2D eigenvalue weighted by Gasteiger charge is 2.32. The van der Waals surface area contributed by atoms with Gasteiger partial charge in [-0.05, 0) is 36.8 Å². The van der Waals surface area contributed by atoms with E-state index in [2.05, 4.69) is 4.72 Å². The number of sulfonamides is 1. The Morgan fingerprint density at radius 3 is 2.55 bits per heavy atom. The Bertz CT molecular complexity index is 533. The first kappa shape index (κ1) is 16.3. The van der Waals surface area contributed by atoms with Crippen molar-refractivity contribution in [3.63, 3.8) is 0 Å². The van der Waals surface area contributed by atoms with Gasteiger partial charge >= 0.3 is 0 Å². The zero-order valence-corrected chi connectivity index (χ0v) is 14.2. The molecule has 1 fully saturated rings. The van der Waals surface area contributed by atoms with Crippen molar-refractivity contribution in [2.45, 2.75) is 49.7 Å². The molecule has 0 atom stereocenters. The molecule has 0 saturated heterocycles. The Morgan fingerprint density at radius 2 is 2.00 bits per heavy atom. The smallest absolute Gasteiger partial charge is 0.210 e. The van der Waals surface area contributed by atoms with Gasteiger partial charge in [0, 0.05) is 17.3 Å². The summed E-state index contributed by atoms with van der Waals surface area (Å²) in [4.78, 5) is 1.09. The molecule has 0 bridgehead atoms. The average molecular weight is 336 g/mol. The maximum atomic E-state index is 12.3. The predicted molar refractivity (Wildman–Crippen MR) is 85.1 cm³/mol. The molecule has 3 nitrogen and oxygen atoms in total. The van der Waals surface area contributed by atoms with Crippen molar-refractivity contribution in [1.29, 1.82) is 0 Å². The second-order valence-corrected chi connectivity index (χ2v) is 9.02. The first-order chi connectivity index (χ1) is 9.51.